The Bertz CT molecular complexity index is 1120. The number of carbonyl (C=O) groups excluding carboxylic acids is 2. The summed E-state index contributed by atoms with van der Waals surface area (Å²) >= 11 is 1.01. The number of halogens is 2. The van der Waals surface area contributed by atoms with Crippen molar-refractivity contribution in [2.24, 2.45) is 10.9 Å². The van der Waals surface area contributed by atoms with Crippen LogP contribution in [0.3, 0.4) is 0 Å². The second-order valence-electron chi connectivity index (χ2n) is 7.16. The van der Waals surface area contributed by atoms with Crippen molar-refractivity contribution in [1.29, 1.82) is 0 Å². The number of nitrogens with zero attached hydrogens (tertiary/aromatic N) is 2. The average molecular weight is 477 g/mol. The highest BCUT2D eigenvalue weighted by atomic mass is 32.2. The zero-order chi connectivity index (χ0) is 23.5. The number of methoxy groups -OCH3 is 2. The molecule has 2 aromatic rings. The zero-order valence-electron chi connectivity index (χ0n) is 17.7. The molecule has 2 unspecified atom stereocenters. The van der Waals surface area contributed by atoms with Gasteiger partial charge in [0, 0.05) is 18.7 Å². The molecular weight excluding hydrogens is 456 g/mol. The maximum absolute atomic E-state index is 13.9. The number of rotatable bonds is 6. The molecule has 1 saturated heterocycles. The van der Waals surface area contributed by atoms with Gasteiger partial charge in [0.1, 0.15) is 17.7 Å². The summed E-state index contributed by atoms with van der Waals surface area (Å²) < 4.78 is 37.7. The molecule has 2 aliphatic heterocycles. The molecule has 2 atom stereocenters. The number of carbonyl (C=O) groups is 2. The van der Waals surface area contributed by atoms with Crippen LogP contribution < -0.4 is 30.5 Å². The van der Waals surface area contributed by atoms with E-state index in [0.717, 1.165) is 23.9 Å². The molecule has 2 aromatic carbocycles. The lowest BCUT2D eigenvalue weighted by Crippen LogP contribution is -2.49. The highest BCUT2D eigenvalue weighted by Gasteiger charge is 2.42. The van der Waals surface area contributed by atoms with Crippen LogP contribution in [0.25, 0.3) is 0 Å². The highest BCUT2D eigenvalue weighted by molar-refractivity contribution is 8.14. The lowest BCUT2D eigenvalue weighted by Gasteiger charge is -2.32. The van der Waals surface area contributed by atoms with E-state index in [0.29, 0.717) is 23.7 Å². The number of amides is 2. The quantitative estimate of drug-likeness (QED) is 0.586. The van der Waals surface area contributed by atoms with Crippen LogP contribution in [0.5, 0.6) is 11.5 Å². The van der Waals surface area contributed by atoms with Crippen molar-refractivity contribution in [2.75, 3.05) is 36.7 Å². The molecule has 0 aliphatic carbocycles. The maximum Gasteiger partial charge on any atom is 0.241 e. The minimum Gasteiger partial charge on any atom is -0.497 e. The van der Waals surface area contributed by atoms with Gasteiger partial charge in [-0.3, -0.25) is 19.9 Å². The number of amidine groups is 1. The normalized spacial score (nSPS) is 19.7. The van der Waals surface area contributed by atoms with Crippen LogP contribution in [0.2, 0.25) is 0 Å². The van der Waals surface area contributed by atoms with Gasteiger partial charge in [-0.15, -0.1) is 0 Å². The highest BCUT2D eigenvalue weighted by Crippen LogP contribution is 2.31. The smallest absolute Gasteiger partial charge is 0.241 e. The Labute approximate surface area is 192 Å². The fraction of sp³-hybridized carbons (Fsp3) is 0.286. The number of anilines is 2. The Kier molecular flexibility index (Phi) is 6.77. The van der Waals surface area contributed by atoms with Crippen LogP contribution in [-0.2, 0) is 9.59 Å². The molecule has 0 aromatic heterocycles. The van der Waals surface area contributed by atoms with E-state index in [1.165, 1.54) is 25.2 Å². The van der Waals surface area contributed by atoms with E-state index in [9.17, 15) is 18.4 Å². The predicted octanol–water partition coefficient (Wildman–Crippen LogP) is 2.11. The minimum atomic E-state index is -1.08. The Hall–Kier alpha value is -3.22. The fourth-order valence-corrected chi connectivity index (χ4v) is 4.29. The summed E-state index contributed by atoms with van der Waals surface area (Å²) in [7, 11) is 2.99. The molecule has 174 valence electrons. The van der Waals surface area contributed by atoms with Crippen molar-refractivity contribution < 1.29 is 27.8 Å². The summed E-state index contributed by atoms with van der Waals surface area (Å²) in [4.78, 5) is 31.4. The Morgan fingerprint density at radius 1 is 1.21 bits per heavy atom. The summed E-state index contributed by atoms with van der Waals surface area (Å²) in [6.07, 6.45) is -0.522. The van der Waals surface area contributed by atoms with Crippen LogP contribution in [0.1, 0.15) is 0 Å². The van der Waals surface area contributed by atoms with Crippen molar-refractivity contribution in [2.45, 2.75) is 6.17 Å². The van der Waals surface area contributed by atoms with Crippen LogP contribution in [-0.4, -0.2) is 49.7 Å². The second kappa shape index (κ2) is 9.73. The van der Waals surface area contributed by atoms with Crippen LogP contribution in [0.4, 0.5) is 20.2 Å². The van der Waals surface area contributed by atoms with Gasteiger partial charge in [0.25, 0.3) is 0 Å². The third kappa shape index (κ3) is 4.77. The average Bonchev–Trinajstić information content (AvgIpc) is 3.29. The van der Waals surface area contributed by atoms with Gasteiger partial charge in [-0.05, 0) is 24.3 Å². The number of ether oxygens (including phenoxy) is 2. The number of hydrogen-bond acceptors (Lipinski definition) is 8. The van der Waals surface area contributed by atoms with Gasteiger partial charge in [-0.1, -0.05) is 11.8 Å². The van der Waals surface area contributed by atoms with Gasteiger partial charge < -0.3 is 14.8 Å². The molecule has 12 heteroatoms. The topological polar surface area (TPSA) is 104 Å². The molecule has 33 heavy (non-hydrogen) atoms. The van der Waals surface area contributed by atoms with Crippen LogP contribution in [0.15, 0.2) is 41.4 Å². The van der Waals surface area contributed by atoms with E-state index in [2.05, 4.69) is 21.2 Å². The van der Waals surface area contributed by atoms with Gasteiger partial charge in [0.2, 0.25) is 11.8 Å². The first kappa shape index (κ1) is 23.0. The van der Waals surface area contributed by atoms with E-state index < -0.39 is 23.7 Å². The van der Waals surface area contributed by atoms with E-state index in [1.807, 2.05) is 0 Å². The standard InChI is InChI=1S/C21H21F2N5O4S/c1-31-12-4-6-16(17(8-12)32-2)25-18(29)10-33-21-26-19-13(9-24-27-19)20(30)28(21)11-3-5-14(22)15(23)7-11/h3-8,13,19,24,27H,9-10H2,1-2H3,(H,25,29). The van der Waals surface area contributed by atoms with Crippen molar-refractivity contribution in [1.82, 2.24) is 10.9 Å². The fourth-order valence-electron chi connectivity index (χ4n) is 3.45. The molecule has 2 heterocycles. The van der Waals surface area contributed by atoms with Crippen molar-refractivity contribution in [3.63, 3.8) is 0 Å². The first-order chi connectivity index (χ1) is 15.9. The van der Waals surface area contributed by atoms with E-state index in [4.69, 9.17) is 9.47 Å². The molecule has 9 nitrogen and oxygen atoms in total. The lowest BCUT2D eigenvalue weighted by atomic mass is 10.0. The molecule has 3 N–H and O–H groups in total. The molecule has 0 saturated carbocycles. The Balaban J connectivity index is 1.53. The molecular formula is C21H21F2N5O4S. The van der Waals surface area contributed by atoms with Crippen molar-refractivity contribution >= 4 is 40.1 Å². The summed E-state index contributed by atoms with van der Waals surface area (Å²) in [5.41, 5.74) is 6.36. The number of benzene rings is 2. The maximum atomic E-state index is 13.9. The predicted molar refractivity (Wildman–Crippen MR) is 120 cm³/mol. The SMILES string of the molecule is COc1ccc(NC(=O)CSC2=NC3NNCC3C(=O)N2c2ccc(F)c(F)c2)c(OC)c1. The van der Waals surface area contributed by atoms with Gasteiger partial charge in [-0.25, -0.2) is 19.2 Å². The molecule has 2 amide bonds. The lowest BCUT2D eigenvalue weighted by molar-refractivity contribution is -0.121. The van der Waals surface area contributed by atoms with E-state index >= 15 is 0 Å². The van der Waals surface area contributed by atoms with Gasteiger partial charge in [0.15, 0.2) is 16.8 Å². The number of nitrogens with one attached hydrogen (secondary N) is 3. The van der Waals surface area contributed by atoms with Gasteiger partial charge >= 0.3 is 0 Å². The summed E-state index contributed by atoms with van der Waals surface area (Å²) in [5.74, 6) is -2.43. The van der Waals surface area contributed by atoms with Crippen LogP contribution >= 0.6 is 11.8 Å². The van der Waals surface area contributed by atoms with Crippen molar-refractivity contribution in [3.05, 3.63) is 48.0 Å². The molecule has 0 spiro atoms. The summed E-state index contributed by atoms with van der Waals surface area (Å²) in [6.45, 7) is 0.336. The minimum absolute atomic E-state index is 0.0910. The molecule has 2 aliphatic rings. The van der Waals surface area contributed by atoms with E-state index in [-0.39, 0.29) is 28.4 Å². The first-order valence-corrected chi connectivity index (χ1v) is 10.9. The van der Waals surface area contributed by atoms with Crippen LogP contribution in [0, 0.1) is 17.6 Å². The number of aliphatic imine (C=N–C) groups is 1. The molecule has 0 radical (unpaired) electrons. The summed E-state index contributed by atoms with van der Waals surface area (Å²) in [5, 5.41) is 2.94. The van der Waals surface area contributed by atoms with E-state index in [1.54, 1.807) is 18.2 Å². The zero-order valence-corrected chi connectivity index (χ0v) is 18.5. The first-order valence-electron chi connectivity index (χ1n) is 9.91. The molecule has 0 bridgehead atoms. The second-order valence-corrected chi connectivity index (χ2v) is 8.11. The number of fused-ring (bicyclic) bond motifs is 1. The molecule has 4 rings (SSSR count). The van der Waals surface area contributed by atoms with Crippen molar-refractivity contribution in [3.8, 4) is 11.5 Å². The Morgan fingerprint density at radius 2 is 2.03 bits per heavy atom. The number of thioether (sulfide) groups is 1. The third-order valence-electron chi connectivity index (χ3n) is 5.11. The van der Waals surface area contributed by atoms with Gasteiger partial charge in [0.05, 0.1) is 37.3 Å². The number of hydrazine groups is 1. The number of hydrogen-bond donors (Lipinski definition) is 3. The van der Waals surface area contributed by atoms with Gasteiger partial charge in [-0.2, -0.15) is 0 Å². The third-order valence-corrected chi connectivity index (χ3v) is 6.06. The summed E-state index contributed by atoms with van der Waals surface area (Å²) in [6, 6.07) is 8.14. The Morgan fingerprint density at radius 3 is 2.76 bits per heavy atom. The molecule has 1 fully saturated rings. The monoisotopic (exact) mass is 477 g/mol. The largest absolute Gasteiger partial charge is 0.497 e.